The van der Waals surface area contributed by atoms with E-state index < -0.39 is 17.8 Å². The van der Waals surface area contributed by atoms with Gasteiger partial charge in [-0.2, -0.15) is 13.2 Å². The fraction of sp³-hybridized carbons (Fsp3) is 0.0714. The number of aromatic nitrogens is 2. The molecule has 114 valence electrons. The van der Waals surface area contributed by atoms with E-state index in [9.17, 15) is 18.0 Å². The zero-order valence-electron chi connectivity index (χ0n) is 10.9. The molecule has 22 heavy (non-hydrogen) atoms. The molecule has 0 saturated carbocycles. The van der Waals surface area contributed by atoms with Crippen LogP contribution in [0.2, 0.25) is 0 Å². The number of carbonyl (C=O) groups is 1. The first-order valence-electron chi connectivity index (χ1n) is 5.93. The lowest BCUT2D eigenvalue weighted by molar-refractivity contribution is -0.141. The summed E-state index contributed by atoms with van der Waals surface area (Å²) in [5.41, 5.74) is -1.04. The topological polar surface area (TPSA) is 72.3 Å². The van der Waals surface area contributed by atoms with Crippen molar-refractivity contribution in [2.24, 2.45) is 0 Å². The van der Waals surface area contributed by atoms with Crippen LogP contribution >= 0.6 is 0 Å². The molecular formula is C14H9F3N2O3. The van der Waals surface area contributed by atoms with Crippen LogP contribution in [0.25, 0.3) is 6.08 Å². The number of halogens is 3. The predicted molar refractivity (Wildman–Crippen MR) is 70.2 cm³/mol. The van der Waals surface area contributed by atoms with Crippen molar-refractivity contribution >= 4 is 12.0 Å². The Labute approximate surface area is 122 Å². The number of alkyl halides is 3. The summed E-state index contributed by atoms with van der Waals surface area (Å²) in [5, 5.41) is 8.60. The summed E-state index contributed by atoms with van der Waals surface area (Å²) in [6, 6.07) is 4.86. The highest BCUT2D eigenvalue weighted by Crippen LogP contribution is 2.32. The van der Waals surface area contributed by atoms with Crippen molar-refractivity contribution in [2.45, 2.75) is 6.18 Å². The molecule has 1 N–H and O–H groups in total. The zero-order chi connectivity index (χ0) is 16.2. The van der Waals surface area contributed by atoms with Gasteiger partial charge in [-0.05, 0) is 30.3 Å². The monoisotopic (exact) mass is 310 g/mol. The number of nitrogens with zero attached hydrogens (tertiary/aromatic N) is 2. The maximum Gasteiger partial charge on any atom is 0.433 e. The lowest BCUT2D eigenvalue weighted by atomic mass is 10.2. The van der Waals surface area contributed by atoms with Crippen LogP contribution in [0.3, 0.4) is 0 Å². The van der Waals surface area contributed by atoms with Gasteiger partial charge in [0.05, 0.1) is 6.20 Å². The molecule has 2 aromatic rings. The maximum absolute atomic E-state index is 12.7. The van der Waals surface area contributed by atoms with Gasteiger partial charge in [-0.25, -0.2) is 9.78 Å². The van der Waals surface area contributed by atoms with E-state index in [0.29, 0.717) is 0 Å². The third-order valence-electron chi connectivity index (χ3n) is 2.43. The molecule has 0 fully saturated rings. The lowest BCUT2D eigenvalue weighted by Gasteiger charge is -2.11. The zero-order valence-corrected chi connectivity index (χ0v) is 10.9. The molecule has 0 bridgehead atoms. The van der Waals surface area contributed by atoms with E-state index >= 15 is 0 Å². The molecule has 0 aliphatic rings. The van der Waals surface area contributed by atoms with E-state index in [1.54, 1.807) is 0 Å². The molecule has 0 aromatic carbocycles. The Morgan fingerprint density at radius 2 is 2.05 bits per heavy atom. The fourth-order valence-corrected chi connectivity index (χ4v) is 1.50. The van der Waals surface area contributed by atoms with Crippen molar-refractivity contribution in [2.75, 3.05) is 0 Å². The van der Waals surface area contributed by atoms with Crippen LogP contribution in [0.1, 0.15) is 11.3 Å². The summed E-state index contributed by atoms with van der Waals surface area (Å²) in [6.45, 7) is 0. The molecule has 0 amide bonds. The lowest BCUT2D eigenvalue weighted by Crippen LogP contribution is -2.09. The summed E-state index contributed by atoms with van der Waals surface area (Å²) in [6.07, 6.45) is 0.00789. The fourth-order valence-electron chi connectivity index (χ4n) is 1.50. The molecule has 0 atom stereocenters. The first kappa shape index (κ1) is 15.5. The number of rotatable bonds is 4. The van der Waals surface area contributed by atoms with Crippen LogP contribution in [0, 0.1) is 0 Å². The summed E-state index contributed by atoms with van der Waals surface area (Å²) in [4.78, 5) is 17.7. The SMILES string of the molecule is O=C(O)C=Cc1ccc(C(F)(F)F)nc1Oc1cccnc1. The number of aliphatic carboxylic acids is 1. The quantitative estimate of drug-likeness (QED) is 0.876. The third kappa shape index (κ3) is 4.05. The summed E-state index contributed by atoms with van der Waals surface area (Å²) in [7, 11) is 0. The van der Waals surface area contributed by atoms with Crippen molar-refractivity contribution in [1.82, 2.24) is 9.97 Å². The molecule has 0 saturated heterocycles. The largest absolute Gasteiger partial charge is 0.478 e. The first-order chi connectivity index (χ1) is 10.4. The second-order valence-corrected chi connectivity index (χ2v) is 4.05. The highest BCUT2D eigenvalue weighted by atomic mass is 19.4. The number of hydrogen-bond acceptors (Lipinski definition) is 4. The smallest absolute Gasteiger partial charge is 0.433 e. The molecule has 0 unspecified atom stereocenters. The van der Waals surface area contributed by atoms with Gasteiger partial charge in [-0.15, -0.1) is 0 Å². The second-order valence-electron chi connectivity index (χ2n) is 4.05. The van der Waals surface area contributed by atoms with Crippen molar-refractivity contribution < 1.29 is 27.8 Å². The molecule has 2 heterocycles. The Balaban J connectivity index is 2.43. The van der Waals surface area contributed by atoms with Gasteiger partial charge in [0.25, 0.3) is 0 Å². The Bertz CT molecular complexity index is 700. The molecule has 0 aliphatic heterocycles. The molecule has 5 nitrogen and oxygen atoms in total. The molecule has 0 aliphatic carbocycles. The van der Waals surface area contributed by atoms with E-state index in [1.807, 2.05) is 0 Å². The van der Waals surface area contributed by atoms with Crippen LogP contribution in [0.4, 0.5) is 13.2 Å². The number of carboxylic acids is 1. The Morgan fingerprint density at radius 1 is 1.27 bits per heavy atom. The minimum Gasteiger partial charge on any atom is -0.478 e. The Morgan fingerprint density at radius 3 is 2.64 bits per heavy atom. The van der Waals surface area contributed by atoms with Crippen LogP contribution in [-0.2, 0) is 11.0 Å². The number of carboxylic acid groups (broad SMARTS) is 1. The number of hydrogen-bond donors (Lipinski definition) is 1. The van der Waals surface area contributed by atoms with Gasteiger partial charge in [0.1, 0.15) is 11.4 Å². The number of pyridine rings is 2. The van der Waals surface area contributed by atoms with Crippen molar-refractivity contribution in [1.29, 1.82) is 0 Å². The molecule has 0 radical (unpaired) electrons. The molecule has 0 spiro atoms. The van der Waals surface area contributed by atoms with Crippen LogP contribution < -0.4 is 4.74 Å². The maximum atomic E-state index is 12.7. The molecular weight excluding hydrogens is 301 g/mol. The van der Waals surface area contributed by atoms with Gasteiger partial charge in [0.2, 0.25) is 5.88 Å². The second kappa shape index (κ2) is 6.25. The van der Waals surface area contributed by atoms with Crippen molar-refractivity contribution in [3.63, 3.8) is 0 Å². The summed E-state index contributed by atoms with van der Waals surface area (Å²) < 4.78 is 43.4. The highest BCUT2D eigenvalue weighted by molar-refractivity contribution is 5.85. The van der Waals surface area contributed by atoms with Gasteiger partial charge in [0.15, 0.2) is 0 Å². The average Bonchev–Trinajstić information content (AvgIpc) is 2.46. The normalized spacial score (nSPS) is 11.6. The van der Waals surface area contributed by atoms with Crippen molar-refractivity contribution in [3.8, 4) is 11.6 Å². The van der Waals surface area contributed by atoms with Gasteiger partial charge in [-0.1, -0.05) is 0 Å². The van der Waals surface area contributed by atoms with Gasteiger partial charge >= 0.3 is 12.1 Å². The van der Waals surface area contributed by atoms with E-state index in [-0.39, 0.29) is 17.2 Å². The molecule has 2 aromatic heterocycles. The van der Waals surface area contributed by atoms with Crippen molar-refractivity contribution in [3.05, 3.63) is 54.0 Å². The van der Waals surface area contributed by atoms with Gasteiger partial charge in [0, 0.05) is 17.8 Å². The average molecular weight is 310 g/mol. The molecule has 2 rings (SSSR count). The van der Waals surface area contributed by atoms with E-state index in [4.69, 9.17) is 9.84 Å². The summed E-state index contributed by atoms with van der Waals surface area (Å²) >= 11 is 0. The predicted octanol–water partition coefficient (Wildman–Crippen LogP) is 3.39. The first-order valence-corrected chi connectivity index (χ1v) is 5.93. The highest BCUT2D eigenvalue weighted by Gasteiger charge is 2.33. The van der Waals surface area contributed by atoms with Gasteiger partial charge < -0.3 is 9.84 Å². The van der Waals surface area contributed by atoms with Crippen LogP contribution in [0.5, 0.6) is 11.6 Å². The van der Waals surface area contributed by atoms with Gasteiger partial charge in [-0.3, -0.25) is 4.98 Å². The van der Waals surface area contributed by atoms with E-state index in [2.05, 4.69) is 9.97 Å². The summed E-state index contributed by atoms with van der Waals surface area (Å²) in [5.74, 6) is -1.42. The number of ether oxygens (including phenoxy) is 1. The van der Waals surface area contributed by atoms with Crippen LogP contribution in [-0.4, -0.2) is 21.0 Å². The minimum atomic E-state index is -4.64. The Hall–Kier alpha value is -2.90. The standard InChI is InChI=1S/C14H9F3N2O3/c15-14(16,17)11-5-3-9(4-6-12(20)21)13(19-11)22-10-2-1-7-18-8-10/h1-8H,(H,20,21). The molecule has 8 heteroatoms. The third-order valence-corrected chi connectivity index (χ3v) is 2.43. The van der Waals surface area contributed by atoms with E-state index in [0.717, 1.165) is 24.3 Å². The van der Waals surface area contributed by atoms with E-state index in [1.165, 1.54) is 24.5 Å². The minimum absolute atomic E-state index is 0.0965. The Kier molecular flexibility index (Phi) is 4.40. The van der Waals surface area contributed by atoms with Crippen LogP contribution in [0.15, 0.2) is 42.7 Å².